The van der Waals surface area contributed by atoms with Crippen LogP contribution in [0.4, 0.5) is 5.69 Å². The van der Waals surface area contributed by atoms with Crippen LogP contribution >= 0.6 is 11.8 Å². The minimum atomic E-state index is -0.919. The molecule has 0 aliphatic carbocycles. The number of benzene rings is 1. The first-order valence-electron chi connectivity index (χ1n) is 5.71. The van der Waals surface area contributed by atoms with Gasteiger partial charge in [-0.2, -0.15) is 5.26 Å². The Kier molecular flexibility index (Phi) is 5.90. The number of nitriles is 1. The van der Waals surface area contributed by atoms with Crippen molar-refractivity contribution in [2.75, 3.05) is 11.1 Å². The zero-order chi connectivity index (χ0) is 14.3. The normalized spacial score (nSPS) is 11.4. The number of aliphatic carboxylic acids is 1. The number of carbonyl (C=O) groups excluding carboxylic acids is 1. The summed E-state index contributed by atoms with van der Waals surface area (Å²) in [6.45, 7) is 1.76. The summed E-state index contributed by atoms with van der Waals surface area (Å²) in [5.74, 6) is -1.19. The van der Waals surface area contributed by atoms with E-state index in [0.717, 1.165) is 11.8 Å². The number of rotatable bonds is 6. The van der Waals surface area contributed by atoms with Crippen molar-refractivity contribution in [3.8, 4) is 6.07 Å². The van der Waals surface area contributed by atoms with Crippen molar-refractivity contribution in [2.45, 2.75) is 18.6 Å². The van der Waals surface area contributed by atoms with Gasteiger partial charge in [0.05, 0.1) is 17.0 Å². The van der Waals surface area contributed by atoms with Gasteiger partial charge in [-0.3, -0.25) is 9.59 Å². The molecule has 0 bridgehead atoms. The standard InChI is InChI=1S/C13H14N2O3S/c1-2-11(13(17)18)19-8-12(16)15-10-6-4-3-5-9(10)7-14/h3-6,11H,2,8H2,1H3,(H,15,16)(H,17,18). The molecule has 0 aromatic heterocycles. The average Bonchev–Trinajstić information content (AvgIpc) is 2.39. The van der Waals surface area contributed by atoms with Gasteiger partial charge in [0.2, 0.25) is 5.91 Å². The van der Waals surface area contributed by atoms with E-state index < -0.39 is 11.2 Å². The third-order valence-electron chi connectivity index (χ3n) is 2.38. The Bertz CT molecular complexity index is 511. The minimum Gasteiger partial charge on any atom is -0.480 e. The number of thioether (sulfide) groups is 1. The number of carboxylic acid groups (broad SMARTS) is 1. The highest BCUT2D eigenvalue weighted by Gasteiger charge is 2.17. The molecule has 1 aromatic rings. The summed E-state index contributed by atoms with van der Waals surface area (Å²) in [4.78, 5) is 22.5. The highest BCUT2D eigenvalue weighted by atomic mass is 32.2. The predicted octanol–water partition coefficient (Wildman–Crippen LogP) is 2.09. The topological polar surface area (TPSA) is 90.2 Å². The van der Waals surface area contributed by atoms with E-state index in [0.29, 0.717) is 17.7 Å². The van der Waals surface area contributed by atoms with Gasteiger partial charge >= 0.3 is 5.97 Å². The van der Waals surface area contributed by atoms with E-state index in [9.17, 15) is 9.59 Å². The van der Waals surface area contributed by atoms with Gasteiger partial charge in [0.1, 0.15) is 11.3 Å². The molecule has 1 unspecified atom stereocenters. The number of amides is 1. The van der Waals surface area contributed by atoms with Crippen molar-refractivity contribution < 1.29 is 14.7 Å². The third kappa shape index (κ3) is 4.64. The lowest BCUT2D eigenvalue weighted by atomic mass is 10.2. The van der Waals surface area contributed by atoms with Crippen molar-refractivity contribution in [1.29, 1.82) is 5.26 Å². The van der Waals surface area contributed by atoms with Crippen LogP contribution in [0.25, 0.3) is 0 Å². The van der Waals surface area contributed by atoms with Crippen LogP contribution in [0, 0.1) is 11.3 Å². The lowest BCUT2D eigenvalue weighted by Crippen LogP contribution is -2.21. The largest absolute Gasteiger partial charge is 0.480 e. The zero-order valence-electron chi connectivity index (χ0n) is 10.4. The first-order valence-corrected chi connectivity index (χ1v) is 6.76. The predicted molar refractivity (Wildman–Crippen MR) is 74.0 cm³/mol. The molecule has 0 heterocycles. The summed E-state index contributed by atoms with van der Waals surface area (Å²) in [7, 11) is 0. The van der Waals surface area contributed by atoms with Crippen LogP contribution in [0.2, 0.25) is 0 Å². The van der Waals surface area contributed by atoms with Crippen molar-refractivity contribution in [2.24, 2.45) is 0 Å². The van der Waals surface area contributed by atoms with Gasteiger partial charge in [-0.05, 0) is 18.6 Å². The summed E-state index contributed by atoms with van der Waals surface area (Å²) < 4.78 is 0. The van der Waals surface area contributed by atoms with Gasteiger partial charge in [0.25, 0.3) is 0 Å². The number of hydrogen-bond acceptors (Lipinski definition) is 4. The van der Waals surface area contributed by atoms with Crippen LogP contribution in [0.5, 0.6) is 0 Å². The first kappa shape index (κ1) is 15.1. The second kappa shape index (κ2) is 7.44. The van der Waals surface area contributed by atoms with Gasteiger partial charge in [0.15, 0.2) is 0 Å². The summed E-state index contributed by atoms with van der Waals surface area (Å²) in [6, 6.07) is 8.65. The maximum Gasteiger partial charge on any atom is 0.316 e. The second-order valence-electron chi connectivity index (χ2n) is 3.75. The Hall–Kier alpha value is -2.00. The number of nitrogens with zero attached hydrogens (tertiary/aromatic N) is 1. The summed E-state index contributed by atoms with van der Waals surface area (Å²) in [5.41, 5.74) is 0.824. The molecule has 1 rings (SSSR count). The Morgan fingerprint density at radius 2 is 2.16 bits per heavy atom. The first-order chi connectivity index (χ1) is 9.08. The molecule has 100 valence electrons. The SMILES string of the molecule is CCC(SCC(=O)Nc1ccccc1C#N)C(=O)O. The van der Waals surface area contributed by atoms with Crippen LogP contribution < -0.4 is 5.32 Å². The number of para-hydroxylation sites is 1. The van der Waals surface area contributed by atoms with Crippen molar-refractivity contribution in [1.82, 2.24) is 0 Å². The van der Waals surface area contributed by atoms with E-state index in [1.54, 1.807) is 31.2 Å². The monoisotopic (exact) mass is 278 g/mol. The molecule has 0 saturated carbocycles. The maximum absolute atomic E-state index is 11.7. The molecule has 1 aromatic carbocycles. The van der Waals surface area contributed by atoms with Crippen molar-refractivity contribution in [3.63, 3.8) is 0 Å². The molecule has 1 atom stereocenters. The van der Waals surface area contributed by atoms with Gasteiger partial charge in [-0.15, -0.1) is 11.8 Å². The number of carbonyl (C=O) groups is 2. The van der Waals surface area contributed by atoms with E-state index in [2.05, 4.69) is 5.32 Å². The zero-order valence-corrected chi connectivity index (χ0v) is 11.2. The van der Waals surface area contributed by atoms with E-state index >= 15 is 0 Å². The molecule has 6 heteroatoms. The van der Waals surface area contributed by atoms with Gasteiger partial charge in [-0.25, -0.2) is 0 Å². The number of hydrogen-bond donors (Lipinski definition) is 2. The highest BCUT2D eigenvalue weighted by Crippen LogP contribution is 2.17. The maximum atomic E-state index is 11.7. The number of nitrogens with one attached hydrogen (secondary N) is 1. The molecule has 19 heavy (non-hydrogen) atoms. The lowest BCUT2D eigenvalue weighted by molar-refractivity contribution is -0.136. The van der Waals surface area contributed by atoms with E-state index in [4.69, 9.17) is 10.4 Å². The summed E-state index contributed by atoms with van der Waals surface area (Å²) in [5, 5.41) is 19.8. The molecule has 0 radical (unpaired) electrons. The molecule has 0 aliphatic heterocycles. The van der Waals surface area contributed by atoms with Crippen LogP contribution in [-0.2, 0) is 9.59 Å². The Balaban J connectivity index is 2.57. The van der Waals surface area contributed by atoms with Gasteiger partial charge in [0, 0.05) is 0 Å². The van der Waals surface area contributed by atoms with Crippen LogP contribution in [0.3, 0.4) is 0 Å². The highest BCUT2D eigenvalue weighted by molar-refractivity contribution is 8.01. The molecule has 0 saturated heterocycles. The minimum absolute atomic E-state index is 0.0462. The number of anilines is 1. The van der Waals surface area contributed by atoms with E-state index in [1.807, 2.05) is 6.07 Å². The Morgan fingerprint density at radius 3 is 2.74 bits per heavy atom. The molecule has 0 spiro atoms. The quantitative estimate of drug-likeness (QED) is 0.831. The van der Waals surface area contributed by atoms with Crippen LogP contribution in [0.1, 0.15) is 18.9 Å². The smallest absolute Gasteiger partial charge is 0.316 e. The Labute approximate surface area is 115 Å². The molecule has 0 aliphatic rings. The third-order valence-corrected chi connectivity index (χ3v) is 3.75. The number of carboxylic acids is 1. The molecular weight excluding hydrogens is 264 g/mol. The van der Waals surface area contributed by atoms with Crippen molar-refractivity contribution >= 4 is 29.3 Å². The summed E-state index contributed by atoms with van der Waals surface area (Å²) in [6.07, 6.45) is 0.460. The van der Waals surface area contributed by atoms with E-state index in [1.165, 1.54) is 0 Å². The average molecular weight is 278 g/mol. The fraction of sp³-hybridized carbons (Fsp3) is 0.308. The van der Waals surface area contributed by atoms with E-state index in [-0.39, 0.29) is 11.7 Å². The summed E-state index contributed by atoms with van der Waals surface area (Å²) >= 11 is 1.08. The molecule has 5 nitrogen and oxygen atoms in total. The fourth-order valence-corrected chi connectivity index (χ4v) is 2.22. The Morgan fingerprint density at radius 1 is 1.47 bits per heavy atom. The van der Waals surface area contributed by atoms with Crippen molar-refractivity contribution in [3.05, 3.63) is 29.8 Å². The van der Waals surface area contributed by atoms with Gasteiger partial charge < -0.3 is 10.4 Å². The van der Waals surface area contributed by atoms with Crippen LogP contribution in [0.15, 0.2) is 24.3 Å². The molecule has 2 N–H and O–H groups in total. The van der Waals surface area contributed by atoms with Crippen LogP contribution in [-0.4, -0.2) is 28.0 Å². The second-order valence-corrected chi connectivity index (χ2v) is 4.94. The molecule has 1 amide bonds. The fourth-order valence-electron chi connectivity index (χ4n) is 1.42. The lowest BCUT2D eigenvalue weighted by Gasteiger charge is -2.10. The molecule has 0 fully saturated rings. The van der Waals surface area contributed by atoms with Gasteiger partial charge in [-0.1, -0.05) is 19.1 Å². The molecular formula is C13H14N2O3S.